The molecule has 0 unspecified atom stereocenters. The number of hydrogen-bond acceptors (Lipinski definition) is 4. The van der Waals surface area contributed by atoms with Crippen LogP contribution in [0.3, 0.4) is 0 Å². The number of rotatable bonds is 39. The van der Waals surface area contributed by atoms with Crippen molar-refractivity contribution >= 4 is 111 Å². The van der Waals surface area contributed by atoms with Gasteiger partial charge in [-0.15, -0.1) is 0 Å². The van der Waals surface area contributed by atoms with Crippen molar-refractivity contribution in [3.05, 3.63) is 371 Å². The van der Waals surface area contributed by atoms with E-state index >= 15 is 0 Å². The number of unbranched alkanes of at least 4 members (excludes halogenated alkanes) is 12. The summed E-state index contributed by atoms with van der Waals surface area (Å²) in [5, 5.41) is 10.5. The van der Waals surface area contributed by atoms with Gasteiger partial charge in [0.2, 0.25) is 0 Å². The maximum absolute atomic E-state index is 6.41. The number of benzene rings is 14. The molecule has 0 aliphatic carbocycles. The molecule has 598 valence electrons. The minimum Gasteiger partial charge on any atom is -0.494 e. The number of aromatic nitrogens is 4. The fourth-order valence-corrected chi connectivity index (χ4v) is 17.9. The van der Waals surface area contributed by atoms with E-state index in [4.69, 9.17) is 18.9 Å². The Kier molecular flexibility index (Phi) is 24.8. The van der Waals surface area contributed by atoms with Gasteiger partial charge in [0, 0.05) is 87.2 Å². The number of para-hydroxylation sites is 8. The van der Waals surface area contributed by atoms with Crippen LogP contribution < -0.4 is 18.9 Å². The maximum Gasteiger partial charge on any atom is 0.119 e. The van der Waals surface area contributed by atoms with E-state index < -0.39 is 0 Å². The molecular weight excluding hydrogens is 1470 g/mol. The Morgan fingerprint density at radius 2 is 0.425 bits per heavy atom. The number of fused-ring (bicyclic) bond motifs is 12. The lowest BCUT2D eigenvalue weighted by molar-refractivity contribution is 0.304. The summed E-state index contributed by atoms with van der Waals surface area (Å²) in [6.07, 6.45) is 26.7. The van der Waals surface area contributed by atoms with Gasteiger partial charge >= 0.3 is 0 Å². The molecule has 4 heterocycles. The van der Waals surface area contributed by atoms with E-state index in [0.717, 1.165) is 181 Å². The van der Waals surface area contributed by atoms with Crippen LogP contribution in [-0.4, -0.2) is 46.4 Å². The van der Waals surface area contributed by atoms with Gasteiger partial charge < -0.3 is 38.9 Å². The molecule has 8 nitrogen and oxygen atoms in total. The summed E-state index contributed by atoms with van der Waals surface area (Å²) >= 11 is 0. The van der Waals surface area contributed by atoms with Crippen molar-refractivity contribution in [2.45, 2.75) is 128 Å². The molecule has 0 amide bonds. The van der Waals surface area contributed by atoms with Crippen LogP contribution >= 0.6 is 0 Å². The summed E-state index contributed by atoms with van der Waals surface area (Å²) in [5.74, 6) is 3.56. The molecule has 0 aliphatic heterocycles. The van der Waals surface area contributed by atoms with E-state index in [1.807, 2.05) is 0 Å². The number of aromatic amines is 4. The Labute approximate surface area is 705 Å². The molecule has 4 N–H and O–H groups in total. The smallest absolute Gasteiger partial charge is 0.119 e. The molecule has 0 saturated heterocycles. The predicted octanol–water partition coefficient (Wildman–Crippen LogP) is 29.8. The number of H-pyrrole nitrogens is 4. The maximum atomic E-state index is 6.41. The molecule has 0 radical (unpaired) electrons. The van der Waals surface area contributed by atoms with E-state index in [0.29, 0.717) is 26.4 Å². The largest absolute Gasteiger partial charge is 0.494 e. The molecule has 18 rings (SSSR count). The molecule has 120 heavy (non-hydrogen) atoms. The molecule has 0 bridgehead atoms. The SMILES string of the molecule is C(=C(c1ccc(OCCCCCCc2cccc3c2[nH]c2ccccc23)cc1)c1ccc(OCCCCCCc2cccc3c2[nH]c2ccccc23)cc1)c1ccc(-c2ccc(C=C(c3ccc(OCCCCCCc4cccc5c4[nH]c4ccccc45)cc3)c3ccc(OCCCCCCc4cccc5c4[nH]c4ccccc45)cc3)cc2)cc1. The summed E-state index contributed by atoms with van der Waals surface area (Å²) in [4.78, 5) is 14.8. The number of aryl methyl sites for hydroxylation is 4. The second-order valence-electron chi connectivity index (χ2n) is 32.5. The predicted molar refractivity (Wildman–Crippen MR) is 505 cm³/mol. The third-order valence-electron chi connectivity index (χ3n) is 24.4. The highest BCUT2D eigenvalue weighted by Crippen LogP contribution is 2.37. The lowest BCUT2D eigenvalue weighted by Crippen LogP contribution is -1.99. The van der Waals surface area contributed by atoms with Crippen molar-refractivity contribution in [1.29, 1.82) is 0 Å². The molecule has 18 aromatic rings. The Bertz CT molecular complexity index is 5770. The van der Waals surface area contributed by atoms with Gasteiger partial charge in [0.15, 0.2) is 0 Å². The molecule has 14 aromatic carbocycles. The summed E-state index contributed by atoms with van der Waals surface area (Å²) in [5.41, 5.74) is 26.8. The molecule has 4 aromatic heterocycles. The zero-order valence-electron chi connectivity index (χ0n) is 68.8. The second-order valence-corrected chi connectivity index (χ2v) is 32.5. The summed E-state index contributed by atoms with van der Waals surface area (Å²) in [6.45, 7) is 2.76. The quantitative estimate of drug-likeness (QED) is 0.0228. The van der Waals surface area contributed by atoms with Crippen molar-refractivity contribution in [2.75, 3.05) is 26.4 Å². The minimum absolute atomic E-state index is 0.690. The standard InChI is InChI=1S/C112H106N4O4/c1(9-29-87-33-25-41-99-95-37-13-17-45-105(95)113-109(87)99)5-21-73-117-91-65-57-83(58-66-91)103(84-59-67-92(68-60-84)118-74-22-6-2-10-30-88-34-26-42-100-96-38-14-18-46-106(96)114-110(88)100)77-79-49-53-81(54-50-79)82-55-51-80(52-56-82)78-104(85-61-69-93(70-62-85)119-75-23-7-3-11-31-89-35-27-43-101-97-39-15-19-47-107(97)115-111(89)101)86-63-71-94(72-64-86)120-76-24-8-4-12-32-90-36-28-44-102-98-40-16-20-48-108(98)116-112(90)102/h13-20,25-28,33-72,77-78,113-116H,1-12,21-24,29-32,73-76H2. The fourth-order valence-electron chi connectivity index (χ4n) is 17.9. The van der Waals surface area contributed by atoms with Gasteiger partial charge in [-0.2, -0.15) is 0 Å². The van der Waals surface area contributed by atoms with Crippen molar-refractivity contribution < 1.29 is 18.9 Å². The van der Waals surface area contributed by atoms with E-state index in [9.17, 15) is 0 Å². The van der Waals surface area contributed by atoms with Crippen LogP contribution in [0.25, 0.3) is 122 Å². The van der Waals surface area contributed by atoms with Crippen molar-refractivity contribution in [3.63, 3.8) is 0 Å². The first-order valence-corrected chi connectivity index (χ1v) is 44.0. The van der Waals surface area contributed by atoms with Crippen LogP contribution in [-0.2, 0) is 25.7 Å². The van der Waals surface area contributed by atoms with Gasteiger partial charge in [0.25, 0.3) is 0 Å². The number of hydrogen-bond donors (Lipinski definition) is 4. The first kappa shape index (κ1) is 78.2. The molecule has 0 aliphatic rings. The van der Waals surface area contributed by atoms with Crippen LogP contribution in [0.15, 0.2) is 315 Å². The summed E-state index contributed by atoms with van der Waals surface area (Å²) < 4.78 is 25.6. The summed E-state index contributed by atoms with van der Waals surface area (Å²) in [6, 6.07) is 114. The van der Waals surface area contributed by atoms with Crippen LogP contribution in [0.2, 0.25) is 0 Å². The van der Waals surface area contributed by atoms with Gasteiger partial charge in [-0.05, 0) is 240 Å². The molecule has 0 spiro atoms. The second kappa shape index (κ2) is 38.1. The number of ether oxygens (including phenoxy) is 4. The third kappa shape index (κ3) is 18.6. The van der Waals surface area contributed by atoms with Crippen LogP contribution in [0, 0.1) is 0 Å². The van der Waals surface area contributed by atoms with E-state index in [2.05, 4.69) is 348 Å². The lowest BCUT2D eigenvalue weighted by Gasteiger charge is -2.13. The van der Waals surface area contributed by atoms with Crippen molar-refractivity contribution in [2.24, 2.45) is 0 Å². The zero-order valence-corrected chi connectivity index (χ0v) is 68.8. The van der Waals surface area contributed by atoms with Gasteiger partial charge in [0.1, 0.15) is 23.0 Å². The Morgan fingerprint density at radius 1 is 0.200 bits per heavy atom. The highest BCUT2D eigenvalue weighted by Gasteiger charge is 2.16. The van der Waals surface area contributed by atoms with Crippen molar-refractivity contribution in [1.82, 2.24) is 19.9 Å². The minimum atomic E-state index is 0.690. The average Bonchev–Trinajstić information content (AvgIpc) is 1.64. The normalized spacial score (nSPS) is 11.6. The van der Waals surface area contributed by atoms with Gasteiger partial charge in [0.05, 0.1) is 26.4 Å². The van der Waals surface area contributed by atoms with Crippen LogP contribution in [0.1, 0.15) is 158 Å². The molecule has 0 saturated carbocycles. The Hall–Kier alpha value is -13.0. The highest BCUT2D eigenvalue weighted by atomic mass is 16.5. The van der Waals surface area contributed by atoms with Gasteiger partial charge in [-0.3, -0.25) is 0 Å². The van der Waals surface area contributed by atoms with Gasteiger partial charge in [-0.1, -0.05) is 294 Å². The van der Waals surface area contributed by atoms with E-state index in [-0.39, 0.29) is 0 Å². The zero-order chi connectivity index (χ0) is 80.4. The van der Waals surface area contributed by atoms with Gasteiger partial charge in [-0.25, -0.2) is 0 Å². The summed E-state index contributed by atoms with van der Waals surface area (Å²) in [7, 11) is 0. The molecule has 0 fully saturated rings. The Balaban J connectivity index is 0.517. The van der Waals surface area contributed by atoms with Crippen LogP contribution in [0.5, 0.6) is 23.0 Å². The topological polar surface area (TPSA) is 100 Å². The fraction of sp³-hybridized carbons (Fsp3) is 0.214. The lowest BCUT2D eigenvalue weighted by atomic mass is 9.94. The van der Waals surface area contributed by atoms with Crippen LogP contribution in [0.4, 0.5) is 0 Å². The molecule has 8 heteroatoms. The Morgan fingerprint density at radius 3 is 0.675 bits per heavy atom. The van der Waals surface area contributed by atoms with Crippen molar-refractivity contribution in [3.8, 4) is 34.1 Å². The molecule has 0 atom stereocenters. The average molecular weight is 1570 g/mol. The molecular formula is C112H106N4O4. The third-order valence-corrected chi connectivity index (χ3v) is 24.4. The van der Waals surface area contributed by atoms with E-state index in [1.54, 1.807) is 0 Å². The first-order valence-electron chi connectivity index (χ1n) is 44.0. The monoisotopic (exact) mass is 1570 g/mol. The van der Waals surface area contributed by atoms with E-state index in [1.165, 1.54) is 135 Å². The first-order chi connectivity index (χ1) is 59.5. The highest BCUT2D eigenvalue weighted by molar-refractivity contribution is 6.11. The number of nitrogens with one attached hydrogen (secondary N) is 4.